The quantitative estimate of drug-likeness (QED) is 0.616. The van der Waals surface area contributed by atoms with Crippen LogP contribution in [0.2, 0.25) is 5.02 Å². The van der Waals surface area contributed by atoms with Crippen LogP contribution < -0.4 is 10.6 Å². The van der Waals surface area contributed by atoms with E-state index in [2.05, 4.69) is 32.5 Å². The second-order valence-corrected chi connectivity index (χ2v) is 6.29. The van der Waals surface area contributed by atoms with Gasteiger partial charge < -0.3 is 10.6 Å². The zero-order valence-corrected chi connectivity index (χ0v) is 15.3. The number of pyridine rings is 1. The molecule has 0 spiro atoms. The molecule has 1 aromatic carbocycles. The predicted octanol–water partition coefficient (Wildman–Crippen LogP) is 5.29. The lowest BCUT2D eigenvalue weighted by molar-refractivity contribution is 0.632. The van der Waals surface area contributed by atoms with E-state index in [1.54, 1.807) is 30.6 Å². The van der Waals surface area contributed by atoms with Crippen molar-refractivity contribution in [2.24, 2.45) is 0 Å². The van der Waals surface area contributed by atoms with Crippen LogP contribution in [0.4, 0.5) is 21.8 Å². The topological polar surface area (TPSA) is 62.7 Å². The van der Waals surface area contributed by atoms with Gasteiger partial charge in [-0.25, -0.2) is 9.37 Å². The molecule has 26 heavy (non-hydrogen) atoms. The van der Waals surface area contributed by atoms with Crippen molar-refractivity contribution in [3.8, 4) is 11.3 Å². The summed E-state index contributed by atoms with van der Waals surface area (Å²) < 4.78 is 14.1. The highest BCUT2D eigenvalue weighted by molar-refractivity contribution is 6.33. The molecule has 2 N–H and O–H groups in total. The maximum atomic E-state index is 14.1. The zero-order valence-electron chi connectivity index (χ0n) is 14.5. The number of nitrogens with one attached hydrogen (secondary N) is 2. The third-order valence-electron chi connectivity index (χ3n) is 3.89. The van der Waals surface area contributed by atoms with Crippen molar-refractivity contribution in [2.75, 3.05) is 10.6 Å². The van der Waals surface area contributed by atoms with Gasteiger partial charge in [-0.3, -0.25) is 4.98 Å². The summed E-state index contributed by atoms with van der Waals surface area (Å²) in [6.45, 7) is 4.11. The van der Waals surface area contributed by atoms with Crippen LogP contribution in [-0.4, -0.2) is 21.0 Å². The summed E-state index contributed by atoms with van der Waals surface area (Å²) in [5, 5.41) is 6.49. The van der Waals surface area contributed by atoms with E-state index in [0.717, 1.165) is 12.0 Å². The van der Waals surface area contributed by atoms with Gasteiger partial charge in [0.2, 0.25) is 5.95 Å². The van der Waals surface area contributed by atoms with Gasteiger partial charge >= 0.3 is 0 Å². The summed E-state index contributed by atoms with van der Waals surface area (Å²) in [7, 11) is 0. The molecule has 134 valence electrons. The van der Waals surface area contributed by atoms with Crippen molar-refractivity contribution in [3.05, 3.63) is 59.6 Å². The molecule has 0 aliphatic carbocycles. The number of aromatic nitrogens is 3. The van der Waals surface area contributed by atoms with Gasteiger partial charge in [0.25, 0.3) is 0 Å². The monoisotopic (exact) mass is 371 g/mol. The molecule has 7 heteroatoms. The fourth-order valence-electron chi connectivity index (χ4n) is 2.31. The van der Waals surface area contributed by atoms with Crippen molar-refractivity contribution in [3.63, 3.8) is 0 Å². The van der Waals surface area contributed by atoms with Crippen LogP contribution in [0.25, 0.3) is 11.3 Å². The molecule has 5 nitrogen and oxygen atoms in total. The van der Waals surface area contributed by atoms with Crippen molar-refractivity contribution in [2.45, 2.75) is 26.3 Å². The Bertz CT molecular complexity index is 868. The minimum atomic E-state index is -0.449. The smallest absolute Gasteiger partial charge is 0.225 e. The number of anilines is 3. The van der Waals surface area contributed by atoms with Crippen LogP contribution >= 0.6 is 11.6 Å². The third-order valence-corrected chi connectivity index (χ3v) is 4.20. The third kappa shape index (κ3) is 4.26. The normalized spacial score (nSPS) is 11.8. The first-order valence-electron chi connectivity index (χ1n) is 8.34. The molecule has 0 radical (unpaired) electrons. The Morgan fingerprint density at radius 3 is 2.73 bits per heavy atom. The number of hydrogen-bond acceptors (Lipinski definition) is 5. The lowest BCUT2D eigenvalue weighted by atomic mass is 10.2. The van der Waals surface area contributed by atoms with Crippen LogP contribution in [-0.2, 0) is 0 Å². The van der Waals surface area contributed by atoms with E-state index >= 15 is 0 Å². The second kappa shape index (κ2) is 8.10. The molecule has 0 saturated carbocycles. The molecule has 0 amide bonds. The maximum absolute atomic E-state index is 14.1. The molecule has 0 fully saturated rings. The molecule has 0 aliphatic rings. The summed E-state index contributed by atoms with van der Waals surface area (Å²) >= 11 is 6.11. The maximum Gasteiger partial charge on any atom is 0.225 e. The Balaban J connectivity index is 2.02. The fraction of sp³-hybridized carbons (Fsp3) is 0.211. The van der Waals surface area contributed by atoms with Crippen LogP contribution in [0.1, 0.15) is 20.3 Å². The van der Waals surface area contributed by atoms with E-state index in [4.69, 9.17) is 11.6 Å². The van der Waals surface area contributed by atoms with Gasteiger partial charge in [0, 0.05) is 30.1 Å². The molecule has 0 unspecified atom stereocenters. The van der Waals surface area contributed by atoms with Crippen LogP contribution in [0, 0.1) is 5.82 Å². The number of benzene rings is 1. The number of para-hydroxylation sites is 1. The Morgan fingerprint density at radius 2 is 2.04 bits per heavy atom. The van der Waals surface area contributed by atoms with E-state index in [9.17, 15) is 4.39 Å². The second-order valence-electron chi connectivity index (χ2n) is 5.88. The molecular weight excluding hydrogens is 353 g/mol. The first-order chi connectivity index (χ1) is 12.6. The van der Waals surface area contributed by atoms with Gasteiger partial charge in [0.05, 0.1) is 16.4 Å². The zero-order chi connectivity index (χ0) is 18.5. The first-order valence-corrected chi connectivity index (χ1v) is 8.71. The highest BCUT2D eigenvalue weighted by Gasteiger charge is 2.12. The minimum Gasteiger partial charge on any atom is -0.352 e. The lowest BCUT2D eigenvalue weighted by Gasteiger charge is -2.15. The Labute approximate surface area is 156 Å². The van der Waals surface area contributed by atoms with Crippen LogP contribution in [0.5, 0.6) is 0 Å². The van der Waals surface area contributed by atoms with E-state index in [0.29, 0.717) is 17.5 Å². The molecule has 1 atom stereocenters. The molecule has 0 bridgehead atoms. The number of halogens is 2. The average molecular weight is 372 g/mol. The van der Waals surface area contributed by atoms with E-state index in [-0.39, 0.29) is 16.8 Å². The Morgan fingerprint density at radius 1 is 1.19 bits per heavy atom. The van der Waals surface area contributed by atoms with Gasteiger partial charge in [-0.05, 0) is 37.6 Å². The van der Waals surface area contributed by atoms with Crippen LogP contribution in [0.3, 0.4) is 0 Å². The van der Waals surface area contributed by atoms with Crippen molar-refractivity contribution < 1.29 is 4.39 Å². The van der Waals surface area contributed by atoms with E-state index < -0.39 is 5.82 Å². The predicted molar refractivity (Wildman–Crippen MR) is 103 cm³/mol. The highest BCUT2D eigenvalue weighted by Crippen LogP contribution is 2.29. The Kier molecular flexibility index (Phi) is 5.63. The number of hydrogen-bond donors (Lipinski definition) is 2. The largest absolute Gasteiger partial charge is 0.352 e. The summed E-state index contributed by atoms with van der Waals surface area (Å²) in [5.74, 6) is 0.447. The summed E-state index contributed by atoms with van der Waals surface area (Å²) in [6.07, 6.45) is 4.33. The summed E-state index contributed by atoms with van der Waals surface area (Å²) in [4.78, 5) is 13.1. The average Bonchev–Trinajstić information content (AvgIpc) is 2.65. The van der Waals surface area contributed by atoms with Crippen molar-refractivity contribution >= 4 is 29.1 Å². The molecular formula is C19H19ClFN5. The van der Waals surface area contributed by atoms with Gasteiger partial charge in [-0.2, -0.15) is 4.98 Å². The van der Waals surface area contributed by atoms with Crippen molar-refractivity contribution in [1.82, 2.24) is 15.0 Å². The number of rotatable bonds is 6. The van der Waals surface area contributed by atoms with E-state index in [1.807, 2.05) is 19.1 Å². The van der Waals surface area contributed by atoms with Gasteiger partial charge in [-0.15, -0.1) is 0 Å². The van der Waals surface area contributed by atoms with Gasteiger partial charge in [0.1, 0.15) is 11.6 Å². The Hall–Kier alpha value is -2.73. The van der Waals surface area contributed by atoms with Crippen molar-refractivity contribution in [1.29, 1.82) is 0 Å². The molecule has 0 aliphatic heterocycles. The lowest BCUT2D eigenvalue weighted by Crippen LogP contribution is -2.16. The summed E-state index contributed by atoms with van der Waals surface area (Å²) in [6, 6.07) is 10.2. The minimum absolute atomic E-state index is 0.180. The van der Waals surface area contributed by atoms with Gasteiger partial charge in [0.15, 0.2) is 0 Å². The first kappa shape index (κ1) is 18.1. The van der Waals surface area contributed by atoms with E-state index in [1.165, 1.54) is 6.07 Å². The molecule has 0 saturated heterocycles. The standard InChI is InChI=1S/C19H19ClFN5/c1-3-12(2)23-19-24-16(13-6-5-9-22-11-13)10-17(26-19)25-18-14(20)7-4-8-15(18)21/h4-12H,3H2,1-2H3,(H2,23,24,25,26)/t12-/m0/s1. The molecule has 3 aromatic rings. The molecule has 2 aromatic heterocycles. The SMILES string of the molecule is CC[C@H](C)Nc1nc(Nc2c(F)cccc2Cl)cc(-c2cccnc2)n1. The summed E-state index contributed by atoms with van der Waals surface area (Å²) in [5.41, 5.74) is 1.69. The molecule has 3 rings (SSSR count). The van der Waals surface area contributed by atoms with Gasteiger partial charge in [-0.1, -0.05) is 24.6 Å². The highest BCUT2D eigenvalue weighted by atomic mass is 35.5. The van der Waals surface area contributed by atoms with Crippen LogP contribution in [0.15, 0.2) is 48.8 Å². The molecule has 2 heterocycles. The number of nitrogens with zero attached hydrogens (tertiary/aromatic N) is 3. The fourth-order valence-corrected chi connectivity index (χ4v) is 2.52.